The van der Waals surface area contributed by atoms with Crippen molar-refractivity contribution in [2.75, 3.05) is 13.1 Å². The van der Waals surface area contributed by atoms with E-state index in [0.717, 1.165) is 16.9 Å². The number of nitrogens with one attached hydrogen (secondary N) is 1. The van der Waals surface area contributed by atoms with Crippen molar-refractivity contribution in [1.29, 1.82) is 0 Å². The number of carbonyl (C=O) groups excluding carboxylic acids is 2. The van der Waals surface area contributed by atoms with Crippen LogP contribution in [0.15, 0.2) is 29.4 Å². The predicted molar refractivity (Wildman–Crippen MR) is 94.4 cm³/mol. The Bertz CT molecular complexity index is 763. The Labute approximate surface area is 153 Å². The second-order valence-corrected chi connectivity index (χ2v) is 8.84. The van der Waals surface area contributed by atoms with Gasteiger partial charge in [-0.2, -0.15) is 9.04 Å². The molecule has 1 saturated heterocycles. The van der Waals surface area contributed by atoms with Crippen molar-refractivity contribution >= 4 is 21.7 Å². The molecule has 0 saturated carbocycles. The van der Waals surface area contributed by atoms with Gasteiger partial charge < -0.3 is 10.5 Å². The Morgan fingerprint density at radius 2 is 2.19 bits per heavy atom. The molecule has 1 N–H and O–H groups in total. The molecular formula is C17H25N3O5S. The van der Waals surface area contributed by atoms with Gasteiger partial charge in [-0.1, -0.05) is 13.8 Å². The highest BCUT2D eigenvalue weighted by Gasteiger charge is 2.33. The van der Waals surface area contributed by atoms with E-state index in [9.17, 15) is 23.2 Å². The van der Waals surface area contributed by atoms with Gasteiger partial charge in [-0.25, -0.2) is 8.42 Å². The highest BCUT2D eigenvalue weighted by atomic mass is 32.2. The summed E-state index contributed by atoms with van der Waals surface area (Å²) in [6, 6.07) is 2.00. The van der Waals surface area contributed by atoms with Gasteiger partial charge in [0.2, 0.25) is 15.9 Å². The summed E-state index contributed by atoms with van der Waals surface area (Å²) < 4.78 is 26.8. The van der Waals surface area contributed by atoms with Gasteiger partial charge in [0.1, 0.15) is 4.90 Å². The number of amides is 1. The van der Waals surface area contributed by atoms with Crippen LogP contribution in [0, 0.1) is 11.1 Å². The first-order chi connectivity index (χ1) is 12.2. The summed E-state index contributed by atoms with van der Waals surface area (Å²) in [4.78, 5) is 24.3. The predicted octanol–water partition coefficient (Wildman–Crippen LogP) is 0.595. The zero-order valence-electron chi connectivity index (χ0n) is 15.1. The molecule has 9 heteroatoms. The lowest BCUT2D eigenvalue weighted by Gasteiger charge is -2.19. The van der Waals surface area contributed by atoms with E-state index >= 15 is 0 Å². The van der Waals surface area contributed by atoms with Gasteiger partial charge in [-0.15, -0.1) is 0 Å². The highest BCUT2D eigenvalue weighted by Crippen LogP contribution is 2.18. The van der Waals surface area contributed by atoms with E-state index in [2.05, 4.69) is 5.32 Å². The van der Waals surface area contributed by atoms with Gasteiger partial charge in [0.25, 0.3) is 0 Å². The SMILES string of the molecule is CC(C)CCC(=O)N[C@H]1CCCN(S(=O)(=O)c2ccc[n+]([O-])c2)CC1=O. The van der Waals surface area contributed by atoms with E-state index < -0.39 is 16.1 Å². The van der Waals surface area contributed by atoms with Crippen molar-refractivity contribution in [2.45, 2.75) is 50.5 Å². The Morgan fingerprint density at radius 1 is 1.46 bits per heavy atom. The minimum Gasteiger partial charge on any atom is -0.619 e. The fourth-order valence-electron chi connectivity index (χ4n) is 2.78. The van der Waals surface area contributed by atoms with Crippen molar-refractivity contribution in [1.82, 2.24) is 9.62 Å². The maximum atomic E-state index is 12.7. The number of sulfonamides is 1. The molecule has 1 amide bonds. The second kappa shape index (κ2) is 8.59. The first kappa shape index (κ1) is 20.3. The van der Waals surface area contributed by atoms with Crippen LogP contribution in [0.4, 0.5) is 0 Å². The summed E-state index contributed by atoms with van der Waals surface area (Å²) in [5, 5.41) is 14.1. The summed E-state index contributed by atoms with van der Waals surface area (Å²) in [5.74, 6) is -0.139. The van der Waals surface area contributed by atoms with Crippen molar-refractivity contribution in [3.8, 4) is 0 Å². The van der Waals surface area contributed by atoms with Crippen molar-refractivity contribution in [2.24, 2.45) is 5.92 Å². The van der Waals surface area contributed by atoms with Gasteiger partial charge in [0, 0.05) is 19.0 Å². The molecule has 2 rings (SSSR count). The molecule has 1 aromatic heterocycles. The van der Waals surface area contributed by atoms with Crippen LogP contribution < -0.4 is 10.0 Å². The number of pyridine rings is 1. The van der Waals surface area contributed by atoms with E-state index in [1.807, 2.05) is 13.8 Å². The molecule has 0 aliphatic carbocycles. The van der Waals surface area contributed by atoms with Gasteiger partial charge >= 0.3 is 0 Å². The number of hydrogen-bond donors (Lipinski definition) is 1. The molecule has 1 aliphatic heterocycles. The maximum absolute atomic E-state index is 12.7. The molecule has 0 spiro atoms. The molecule has 8 nitrogen and oxygen atoms in total. The molecule has 26 heavy (non-hydrogen) atoms. The number of aromatic nitrogens is 1. The Balaban J connectivity index is 2.05. The lowest BCUT2D eigenvalue weighted by atomic mass is 10.1. The van der Waals surface area contributed by atoms with Gasteiger partial charge in [0.15, 0.2) is 18.2 Å². The van der Waals surface area contributed by atoms with E-state index in [4.69, 9.17) is 0 Å². The average molecular weight is 383 g/mol. The summed E-state index contributed by atoms with van der Waals surface area (Å²) in [7, 11) is -3.94. The summed E-state index contributed by atoms with van der Waals surface area (Å²) in [6.07, 6.45) is 4.08. The minimum absolute atomic E-state index is 0.151. The zero-order chi connectivity index (χ0) is 19.3. The largest absolute Gasteiger partial charge is 0.619 e. The van der Waals surface area contributed by atoms with Crippen LogP contribution in [0.1, 0.15) is 39.5 Å². The fraction of sp³-hybridized carbons (Fsp3) is 0.588. The van der Waals surface area contributed by atoms with Crippen LogP contribution in [-0.4, -0.2) is 43.5 Å². The van der Waals surface area contributed by atoms with Crippen molar-refractivity contribution in [3.05, 3.63) is 29.7 Å². The fourth-order valence-corrected chi connectivity index (χ4v) is 4.23. The molecular weight excluding hydrogens is 358 g/mol. The van der Waals surface area contributed by atoms with Gasteiger partial charge in [-0.3, -0.25) is 9.59 Å². The molecule has 1 aromatic rings. The lowest BCUT2D eigenvalue weighted by molar-refractivity contribution is -0.607. The summed E-state index contributed by atoms with van der Waals surface area (Å²) in [5.41, 5.74) is 0. The minimum atomic E-state index is -3.94. The smallest absolute Gasteiger partial charge is 0.249 e. The molecule has 0 aromatic carbocycles. The number of rotatable bonds is 6. The van der Waals surface area contributed by atoms with Crippen LogP contribution in [-0.2, 0) is 19.6 Å². The summed E-state index contributed by atoms with van der Waals surface area (Å²) in [6.45, 7) is 3.88. The van der Waals surface area contributed by atoms with E-state index in [-0.39, 0.29) is 29.7 Å². The summed E-state index contributed by atoms with van der Waals surface area (Å²) >= 11 is 0. The number of Topliss-reactive ketones (excluding diaryl/α,β-unsaturated/α-hetero) is 1. The van der Waals surface area contributed by atoms with Crippen LogP contribution in [0.25, 0.3) is 0 Å². The monoisotopic (exact) mass is 383 g/mol. The van der Waals surface area contributed by atoms with Gasteiger partial charge in [0.05, 0.1) is 12.6 Å². The molecule has 0 radical (unpaired) electrons. The van der Waals surface area contributed by atoms with E-state index in [1.54, 1.807) is 0 Å². The number of hydrogen-bond acceptors (Lipinski definition) is 5. The van der Waals surface area contributed by atoms with Crippen LogP contribution in [0.5, 0.6) is 0 Å². The van der Waals surface area contributed by atoms with Crippen LogP contribution in [0.2, 0.25) is 0 Å². The Kier molecular flexibility index (Phi) is 6.71. The third kappa shape index (κ3) is 5.25. The maximum Gasteiger partial charge on any atom is 0.249 e. The molecule has 1 fully saturated rings. The first-order valence-electron chi connectivity index (χ1n) is 8.71. The zero-order valence-corrected chi connectivity index (χ0v) is 15.9. The highest BCUT2D eigenvalue weighted by molar-refractivity contribution is 7.89. The standard InChI is InChI=1S/C17H25N3O5S/c1-13(2)7-8-17(22)18-15-6-4-10-20(12-16(15)21)26(24,25)14-5-3-9-19(23)11-14/h3,5,9,11,13,15H,4,6-8,10,12H2,1-2H3,(H,18,22)/t15-/m0/s1. The molecule has 2 heterocycles. The normalized spacial score (nSPS) is 19.3. The van der Waals surface area contributed by atoms with Gasteiger partial charge in [-0.05, 0) is 31.2 Å². The average Bonchev–Trinajstić information content (AvgIpc) is 2.75. The Morgan fingerprint density at radius 3 is 2.85 bits per heavy atom. The number of carbonyl (C=O) groups is 2. The third-order valence-electron chi connectivity index (χ3n) is 4.29. The number of nitrogens with zero attached hydrogens (tertiary/aromatic N) is 2. The van der Waals surface area contributed by atoms with Crippen LogP contribution >= 0.6 is 0 Å². The molecule has 0 bridgehead atoms. The lowest BCUT2D eigenvalue weighted by Crippen LogP contribution is -2.44. The molecule has 1 aliphatic rings. The number of ketones is 1. The quantitative estimate of drug-likeness (QED) is 0.571. The van der Waals surface area contributed by atoms with Crippen LogP contribution in [0.3, 0.4) is 0 Å². The molecule has 0 unspecified atom stereocenters. The Hall–Kier alpha value is -2.00. The topological polar surface area (TPSA) is 110 Å². The second-order valence-electron chi connectivity index (χ2n) is 6.90. The third-order valence-corrected chi connectivity index (χ3v) is 6.12. The molecule has 1 atom stereocenters. The first-order valence-corrected chi connectivity index (χ1v) is 10.1. The van der Waals surface area contributed by atoms with E-state index in [0.29, 0.717) is 29.9 Å². The van der Waals surface area contributed by atoms with Crippen molar-refractivity contribution in [3.63, 3.8) is 0 Å². The van der Waals surface area contributed by atoms with Crippen molar-refractivity contribution < 1.29 is 22.7 Å². The van der Waals surface area contributed by atoms with E-state index in [1.165, 1.54) is 18.3 Å². The molecule has 144 valence electrons.